The summed E-state index contributed by atoms with van der Waals surface area (Å²) in [5.74, 6) is 4.99. The molecule has 33 heavy (non-hydrogen) atoms. The molecule has 4 aliphatic carbocycles. The third-order valence-electron chi connectivity index (χ3n) is 9.65. The SMILES string of the molecule is Cc1c2c(c(C)c3sccc13)-c1c3c(cc(C45CC6CC(CC(C6)C4)C5)cc3cc[n+]1C)O2. The van der Waals surface area contributed by atoms with Gasteiger partial charge in [0.2, 0.25) is 5.69 Å². The molecular formula is C30H30NOS+. The Bertz CT molecular complexity index is 1470. The summed E-state index contributed by atoms with van der Waals surface area (Å²) in [4.78, 5) is 0. The number of nitrogens with zero attached hydrogens (tertiary/aromatic N) is 1. The van der Waals surface area contributed by atoms with Crippen LogP contribution in [0.4, 0.5) is 0 Å². The Morgan fingerprint density at radius 2 is 1.70 bits per heavy atom. The summed E-state index contributed by atoms with van der Waals surface area (Å²) in [7, 11) is 2.19. The minimum Gasteiger partial charge on any atom is -0.455 e. The van der Waals surface area contributed by atoms with Crippen LogP contribution in [0.25, 0.3) is 32.1 Å². The molecule has 0 atom stereocenters. The van der Waals surface area contributed by atoms with Crippen LogP contribution in [-0.2, 0) is 12.5 Å². The molecule has 0 radical (unpaired) electrons. The van der Waals surface area contributed by atoms with E-state index >= 15 is 0 Å². The van der Waals surface area contributed by atoms with Gasteiger partial charge in [0.15, 0.2) is 6.20 Å². The summed E-state index contributed by atoms with van der Waals surface area (Å²) in [6, 6.07) is 9.56. The van der Waals surface area contributed by atoms with Crippen molar-refractivity contribution in [1.29, 1.82) is 0 Å². The highest BCUT2D eigenvalue weighted by Crippen LogP contribution is 2.62. The van der Waals surface area contributed by atoms with E-state index in [1.165, 1.54) is 81.8 Å². The number of rotatable bonds is 1. The number of aryl methyl sites for hydroxylation is 3. The smallest absolute Gasteiger partial charge is 0.228 e. The maximum absolute atomic E-state index is 6.89. The molecule has 166 valence electrons. The van der Waals surface area contributed by atoms with Gasteiger partial charge in [0.05, 0.1) is 10.9 Å². The summed E-state index contributed by atoms with van der Waals surface area (Å²) in [5, 5.41) is 6.20. The van der Waals surface area contributed by atoms with Crippen LogP contribution in [0.5, 0.6) is 11.5 Å². The predicted molar refractivity (Wildman–Crippen MR) is 135 cm³/mol. The van der Waals surface area contributed by atoms with Gasteiger partial charge in [-0.2, -0.15) is 0 Å². The van der Waals surface area contributed by atoms with E-state index in [-0.39, 0.29) is 0 Å². The fourth-order valence-corrected chi connectivity index (χ4v) is 9.60. The maximum Gasteiger partial charge on any atom is 0.228 e. The van der Waals surface area contributed by atoms with Crippen molar-refractivity contribution < 1.29 is 9.30 Å². The van der Waals surface area contributed by atoms with Crippen molar-refractivity contribution in [3.63, 3.8) is 0 Å². The van der Waals surface area contributed by atoms with Gasteiger partial charge in [0.25, 0.3) is 0 Å². The van der Waals surface area contributed by atoms with Crippen molar-refractivity contribution in [1.82, 2.24) is 0 Å². The Morgan fingerprint density at radius 3 is 2.42 bits per heavy atom. The van der Waals surface area contributed by atoms with Crippen LogP contribution in [0.3, 0.4) is 0 Å². The number of hydrogen-bond donors (Lipinski definition) is 0. The quantitative estimate of drug-likeness (QED) is 0.237. The van der Waals surface area contributed by atoms with Crippen LogP contribution in [0.1, 0.15) is 55.2 Å². The van der Waals surface area contributed by atoms with Gasteiger partial charge in [-0.1, -0.05) is 0 Å². The Balaban J connectivity index is 1.41. The molecule has 4 aromatic rings. The van der Waals surface area contributed by atoms with Crippen LogP contribution in [0.2, 0.25) is 0 Å². The van der Waals surface area contributed by atoms with Crippen molar-refractivity contribution in [3.8, 4) is 22.8 Å². The zero-order chi connectivity index (χ0) is 22.1. The average molecular weight is 453 g/mol. The molecule has 0 saturated heterocycles. The molecule has 3 heteroatoms. The van der Waals surface area contributed by atoms with E-state index in [2.05, 4.69) is 61.3 Å². The third-order valence-corrected chi connectivity index (χ3v) is 10.7. The molecule has 3 heterocycles. The molecule has 0 unspecified atom stereocenters. The van der Waals surface area contributed by atoms with E-state index in [1.54, 1.807) is 5.56 Å². The molecule has 5 aliphatic rings. The van der Waals surface area contributed by atoms with Crippen LogP contribution in [0, 0.1) is 31.6 Å². The summed E-state index contributed by atoms with van der Waals surface area (Å²) >= 11 is 1.85. The van der Waals surface area contributed by atoms with Crippen molar-refractivity contribution in [2.24, 2.45) is 24.8 Å². The first-order valence-electron chi connectivity index (χ1n) is 12.7. The van der Waals surface area contributed by atoms with Crippen LogP contribution in [-0.4, -0.2) is 0 Å². The number of thiophene rings is 1. The zero-order valence-electron chi connectivity index (χ0n) is 19.7. The molecule has 0 N–H and O–H groups in total. The summed E-state index contributed by atoms with van der Waals surface area (Å²) < 4.78 is 10.6. The summed E-state index contributed by atoms with van der Waals surface area (Å²) in [6.07, 6.45) is 10.9. The molecular weight excluding hydrogens is 422 g/mol. The van der Waals surface area contributed by atoms with Crippen LogP contribution < -0.4 is 9.30 Å². The maximum atomic E-state index is 6.89. The first-order valence-corrected chi connectivity index (χ1v) is 13.5. The van der Waals surface area contributed by atoms with Gasteiger partial charge in [-0.05, 0) is 121 Å². The number of pyridine rings is 1. The monoisotopic (exact) mass is 452 g/mol. The fourth-order valence-electron chi connectivity index (χ4n) is 8.63. The fraction of sp³-hybridized carbons (Fsp3) is 0.433. The van der Waals surface area contributed by atoms with Gasteiger partial charge in [0, 0.05) is 16.3 Å². The predicted octanol–water partition coefficient (Wildman–Crippen LogP) is 7.74. The second kappa shape index (κ2) is 6.18. The molecule has 2 nitrogen and oxygen atoms in total. The van der Waals surface area contributed by atoms with Crippen molar-refractivity contribution in [2.45, 2.75) is 57.8 Å². The number of ether oxygens (including phenoxy) is 1. The Hall–Kier alpha value is -2.39. The molecule has 1 aliphatic heterocycles. The van der Waals surface area contributed by atoms with Gasteiger partial charge in [0.1, 0.15) is 18.5 Å². The van der Waals surface area contributed by atoms with Crippen molar-refractivity contribution in [3.05, 3.63) is 52.5 Å². The first kappa shape index (κ1) is 19.0. The lowest BCUT2D eigenvalue weighted by molar-refractivity contribution is -0.659. The van der Waals surface area contributed by atoms with Crippen molar-refractivity contribution in [2.75, 3.05) is 0 Å². The van der Waals surface area contributed by atoms with Gasteiger partial charge in [-0.15, -0.1) is 11.3 Å². The Kier molecular flexibility index (Phi) is 3.55. The lowest BCUT2D eigenvalue weighted by Crippen LogP contribution is -2.48. The van der Waals surface area contributed by atoms with Crippen LogP contribution in [0.15, 0.2) is 35.8 Å². The van der Waals surface area contributed by atoms with Crippen molar-refractivity contribution >= 4 is 32.2 Å². The largest absolute Gasteiger partial charge is 0.455 e. The average Bonchev–Trinajstić information content (AvgIpc) is 3.29. The molecule has 2 aromatic heterocycles. The summed E-state index contributed by atoms with van der Waals surface area (Å²) in [5.41, 5.74) is 7.15. The highest BCUT2D eigenvalue weighted by molar-refractivity contribution is 7.17. The van der Waals surface area contributed by atoms with Gasteiger partial charge in [-0.3, -0.25) is 0 Å². The topological polar surface area (TPSA) is 13.1 Å². The minimum absolute atomic E-state index is 0.379. The number of hydrogen-bond acceptors (Lipinski definition) is 2. The van der Waals surface area contributed by atoms with Gasteiger partial charge < -0.3 is 4.74 Å². The molecule has 0 spiro atoms. The highest BCUT2D eigenvalue weighted by Gasteiger charge is 2.52. The van der Waals surface area contributed by atoms with E-state index in [0.29, 0.717) is 5.41 Å². The molecule has 9 rings (SSSR count). The normalized spacial score (nSPS) is 29.0. The first-order chi connectivity index (χ1) is 16.0. The molecule has 4 bridgehead atoms. The number of aromatic nitrogens is 1. The molecule has 2 aromatic carbocycles. The lowest BCUT2D eigenvalue weighted by Gasteiger charge is -2.57. The Labute approximate surface area is 199 Å². The van der Waals surface area contributed by atoms with Gasteiger partial charge >= 0.3 is 0 Å². The van der Waals surface area contributed by atoms with Gasteiger partial charge in [-0.25, -0.2) is 4.57 Å². The van der Waals surface area contributed by atoms with E-state index in [1.807, 2.05) is 11.3 Å². The number of benzene rings is 2. The second-order valence-electron chi connectivity index (χ2n) is 11.6. The number of fused-ring (bicyclic) bond motifs is 3. The highest BCUT2D eigenvalue weighted by atomic mass is 32.1. The lowest BCUT2D eigenvalue weighted by atomic mass is 9.48. The third kappa shape index (κ3) is 2.37. The van der Waals surface area contributed by atoms with Crippen LogP contribution >= 0.6 is 11.3 Å². The molecule has 4 fully saturated rings. The Morgan fingerprint density at radius 1 is 0.970 bits per heavy atom. The second-order valence-corrected chi connectivity index (χ2v) is 12.5. The molecule has 4 saturated carbocycles. The summed E-state index contributed by atoms with van der Waals surface area (Å²) in [6.45, 7) is 4.51. The zero-order valence-corrected chi connectivity index (χ0v) is 20.5. The molecule has 0 amide bonds. The standard InChI is InChI=1S/C30H30NOS/c1-16-23-5-7-33-29(23)17(2)25-27-26-21(4-6-31(27)3)11-22(12-24(26)32-28(16)25)30-13-18-8-19(14-30)10-20(9-18)15-30/h4-7,11-12,18-20H,8-10,13-15H2,1-3H3/q+1. The van der Waals surface area contributed by atoms with E-state index < -0.39 is 0 Å². The van der Waals surface area contributed by atoms with E-state index in [4.69, 9.17) is 4.74 Å². The van der Waals surface area contributed by atoms with E-state index in [9.17, 15) is 0 Å². The minimum atomic E-state index is 0.379. The van der Waals surface area contributed by atoms with E-state index in [0.717, 1.165) is 29.3 Å².